The van der Waals surface area contributed by atoms with Gasteiger partial charge in [0.25, 0.3) is 0 Å². The largest absolute Gasteiger partial charge is 0.465 e. The summed E-state index contributed by atoms with van der Waals surface area (Å²) >= 11 is 0. The predicted octanol–water partition coefficient (Wildman–Crippen LogP) is 7.21. The monoisotopic (exact) mass is 586 g/mol. The number of imidazole rings is 1. The molecule has 1 amide bonds. The molecule has 3 N–H and O–H groups in total. The zero-order chi connectivity index (χ0) is 30.6. The van der Waals surface area contributed by atoms with E-state index in [0.29, 0.717) is 24.6 Å². The lowest BCUT2D eigenvalue weighted by molar-refractivity contribution is 0.146. The molecule has 41 heavy (non-hydrogen) atoms. The van der Waals surface area contributed by atoms with E-state index >= 15 is 0 Å². The Morgan fingerprint density at radius 3 is 2.29 bits per heavy atom. The molecule has 1 aromatic heterocycles. The summed E-state index contributed by atoms with van der Waals surface area (Å²) in [4.78, 5) is 16.2. The Morgan fingerprint density at radius 1 is 1.05 bits per heavy atom. The molecule has 3 rings (SSSR count). The highest BCUT2D eigenvalue weighted by Gasteiger charge is 2.40. The molecule has 0 fully saturated rings. The fourth-order valence-corrected chi connectivity index (χ4v) is 5.73. The molecule has 0 saturated heterocycles. The van der Waals surface area contributed by atoms with Gasteiger partial charge in [-0.05, 0) is 47.3 Å². The molecule has 0 bridgehead atoms. The van der Waals surface area contributed by atoms with Gasteiger partial charge in [0.2, 0.25) is 0 Å². The van der Waals surface area contributed by atoms with Crippen LogP contribution in [0.1, 0.15) is 59.0 Å². The van der Waals surface area contributed by atoms with Crippen molar-refractivity contribution in [2.45, 2.75) is 78.4 Å². The number of carboxylic acid groups (broad SMARTS) is 1. The van der Waals surface area contributed by atoms with E-state index in [2.05, 4.69) is 65.3 Å². The van der Waals surface area contributed by atoms with E-state index in [1.165, 1.54) is 0 Å². The van der Waals surface area contributed by atoms with Crippen LogP contribution in [0.5, 0.6) is 0 Å². The SMILES string of the molecule is CC(C)(C)[C@@H](NCC(CNC(=O)O)O[Si](C)(C)C(C)(C)C)c1nc(-c2cc(F)ccc2F)cn1Cc1ccccc1. The molecular weight excluding hydrogens is 542 g/mol. The quantitative estimate of drug-likeness (QED) is 0.207. The normalized spacial score (nSPS) is 14.1. The Morgan fingerprint density at radius 2 is 1.71 bits per heavy atom. The number of halogens is 2. The molecule has 224 valence electrons. The Hall–Kier alpha value is -3.08. The number of rotatable bonds is 11. The van der Waals surface area contributed by atoms with Crippen molar-refractivity contribution in [2.75, 3.05) is 13.1 Å². The average Bonchev–Trinajstić information content (AvgIpc) is 3.25. The second-order valence-corrected chi connectivity index (χ2v) is 17.9. The van der Waals surface area contributed by atoms with Gasteiger partial charge in [-0.3, -0.25) is 0 Å². The molecule has 0 radical (unpaired) electrons. The topological polar surface area (TPSA) is 88.4 Å². The van der Waals surface area contributed by atoms with Crippen LogP contribution < -0.4 is 10.6 Å². The van der Waals surface area contributed by atoms with Gasteiger partial charge in [-0.2, -0.15) is 0 Å². The van der Waals surface area contributed by atoms with Gasteiger partial charge in [-0.1, -0.05) is 71.9 Å². The van der Waals surface area contributed by atoms with Crippen LogP contribution >= 0.6 is 0 Å². The van der Waals surface area contributed by atoms with Gasteiger partial charge in [0.15, 0.2) is 8.32 Å². The highest BCUT2D eigenvalue weighted by Crippen LogP contribution is 2.38. The number of aromatic nitrogens is 2. The van der Waals surface area contributed by atoms with E-state index in [0.717, 1.165) is 23.8 Å². The smallest absolute Gasteiger partial charge is 0.404 e. The second-order valence-electron chi connectivity index (χ2n) is 13.1. The summed E-state index contributed by atoms with van der Waals surface area (Å²) in [6, 6.07) is 12.9. The highest BCUT2D eigenvalue weighted by atomic mass is 28.4. The average molecular weight is 587 g/mol. The molecule has 0 aliphatic carbocycles. The molecule has 0 saturated carbocycles. The first-order valence-electron chi connectivity index (χ1n) is 13.9. The summed E-state index contributed by atoms with van der Waals surface area (Å²) in [5, 5.41) is 15.3. The molecule has 0 aliphatic heterocycles. The van der Waals surface area contributed by atoms with E-state index in [9.17, 15) is 18.7 Å². The Kier molecular flexibility index (Phi) is 10.2. The molecule has 1 heterocycles. The van der Waals surface area contributed by atoms with E-state index in [4.69, 9.17) is 9.41 Å². The first-order valence-corrected chi connectivity index (χ1v) is 16.8. The van der Waals surface area contributed by atoms with Crippen LogP contribution in [0, 0.1) is 17.0 Å². The third-order valence-electron chi connectivity index (χ3n) is 7.63. The third kappa shape index (κ3) is 8.70. The molecule has 7 nitrogen and oxygen atoms in total. The number of carbonyl (C=O) groups is 1. The van der Waals surface area contributed by atoms with Crippen molar-refractivity contribution in [3.8, 4) is 11.3 Å². The minimum Gasteiger partial charge on any atom is -0.465 e. The molecule has 0 aliphatic rings. The standard InChI is InChI=1S/C31H44F2N4O3Si/c1-30(2,3)27(34-17-23(18-35-29(38)39)40-41(7,8)31(4,5)6)28-36-26(24-16-22(32)14-15-25(24)33)20-37(28)19-21-12-10-9-11-13-21/h9-16,20,23,27,34-35H,17-19H2,1-8H3,(H,38,39)/t23?,27-/m0/s1. The molecule has 3 aromatic rings. The minimum absolute atomic E-state index is 0.0617. The Labute approximate surface area is 243 Å². The number of nitrogens with zero attached hydrogens (tertiary/aromatic N) is 2. The van der Waals surface area contributed by atoms with Crippen molar-refractivity contribution < 1.29 is 23.1 Å². The van der Waals surface area contributed by atoms with Crippen LogP contribution in [0.2, 0.25) is 18.1 Å². The van der Waals surface area contributed by atoms with Crippen LogP contribution in [-0.4, -0.2) is 48.3 Å². The van der Waals surface area contributed by atoms with E-state index in [1.807, 2.05) is 34.9 Å². The maximum Gasteiger partial charge on any atom is 0.404 e. The number of hydrogen-bond acceptors (Lipinski definition) is 4. The van der Waals surface area contributed by atoms with Crippen molar-refractivity contribution in [3.05, 3.63) is 77.8 Å². The van der Waals surface area contributed by atoms with E-state index in [1.54, 1.807) is 6.20 Å². The van der Waals surface area contributed by atoms with Crippen molar-refractivity contribution >= 4 is 14.4 Å². The lowest BCUT2D eigenvalue weighted by Crippen LogP contribution is -2.51. The highest BCUT2D eigenvalue weighted by molar-refractivity contribution is 6.74. The fourth-order valence-electron chi connectivity index (χ4n) is 4.38. The lowest BCUT2D eigenvalue weighted by atomic mass is 9.86. The maximum absolute atomic E-state index is 14.8. The summed E-state index contributed by atoms with van der Waals surface area (Å²) < 4.78 is 37.5. The van der Waals surface area contributed by atoms with Gasteiger partial charge in [-0.25, -0.2) is 18.6 Å². The zero-order valence-electron chi connectivity index (χ0n) is 25.4. The van der Waals surface area contributed by atoms with E-state index < -0.39 is 32.1 Å². The van der Waals surface area contributed by atoms with Crippen LogP contribution in [0.3, 0.4) is 0 Å². The fraction of sp³-hybridized carbons (Fsp3) is 0.484. The number of benzene rings is 2. The first-order chi connectivity index (χ1) is 19.0. The summed E-state index contributed by atoms with van der Waals surface area (Å²) in [5.74, 6) is -0.426. The van der Waals surface area contributed by atoms with Crippen LogP contribution in [0.15, 0.2) is 54.7 Å². The van der Waals surface area contributed by atoms with Crippen LogP contribution in [0.25, 0.3) is 11.3 Å². The zero-order valence-corrected chi connectivity index (χ0v) is 26.4. The van der Waals surface area contributed by atoms with Gasteiger partial charge in [0.05, 0.1) is 17.8 Å². The second kappa shape index (κ2) is 12.8. The molecule has 10 heteroatoms. The molecule has 0 spiro atoms. The molecule has 1 unspecified atom stereocenters. The van der Waals surface area contributed by atoms with Crippen molar-refractivity contribution in [1.82, 2.24) is 20.2 Å². The number of nitrogens with one attached hydrogen (secondary N) is 2. The van der Waals surface area contributed by atoms with Crippen LogP contribution in [-0.2, 0) is 11.0 Å². The lowest BCUT2D eigenvalue weighted by Gasteiger charge is -2.40. The predicted molar refractivity (Wildman–Crippen MR) is 161 cm³/mol. The maximum atomic E-state index is 14.8. The van der Waals surface area contributed by atoms with Gasteiger partial charge >= 0.3 is 6.09 Å². The Balaban J connectivity index is 2.02. The van der Waals surface area contributed by atoms with Crippen LogP contribution in [0.4, 0.5) is 13.6 Å². The van der Waals surface area contributed by atoms with Crippen molar-refractivity contribution in [2.24, 2.45) is 5.41 Å². The van der Waals surface area contributed by atoms with Crippen molar-refractivity contribution in [3.63, 3.8) is 0 Å². The Bertz CT molecular complexity index is 1320. The summed E-state index contributed by atoms with van der Waals surface area (Å²) in [6.45, 7) is 17.9. The number of hydrogen-bond donors (Lipinski definition) is 3. The molecule has 2 atom stereocenters. The van der Waals surface area contributed by atoms with Gasteiger partial charge in [-0.15, -0.1) is 0 Å². The van der Waals surface area contributed by atoms with Crippen molar-refractivity contribution in [1.29, 1.82) is 0 Å². The molecule has 2 aromatic carbocycles. The summed E-state index contributed by atoms with van der Waals surface area (Å²) in [6.07, 6.45) is 0.229. The summed E-state index contributed by atoms with van der Waals surface area (Å²) in [5.41, 5.74) is 1.12. The molecular formula is C31H44F2N4O3Si. The van der Waals surface area contributed by atoms with Gasteiger partial charge in [0, 0.05) is 31.4 Å². The van der Waals surface area contributed by atoms with Gasteiger partial charge < -0.3 is 24.7 Å². The van der Waals surface area contributed by atoms with E-state index in [-0.39, 0.29) is 28.6 Å². The first kappa shape index (κ1) is 32.4. The van der Waals surface area contributed by atoms with Gasteiger partial charge in [0.1, 0.15) is 17.5 Å². The summed E-state index contributed by atoms with van der Waals surface area (Å²) in [7, 11) is -2.22. The third-order valence-corrected chi connectivity index (χ3v) is 12.2. The number of amides is 1. The minimum atomic E-state index is -2.22.